The maximum Gasteiger partial charge on any atom is 0.152 e. The molecule has 1 fully saturated rings. The molecule has 1 aliphatic rings. The molecule has 0 amide bonds. The third kappa shape index (κ3) is 3.65. The van der Waals surface area contributed by atoms with Gasteiger partial charge in [-0.1, -0.05) is 29.3 Å². The van der Waals surface area contributed by atoms with Crippen LogP contribution in [-0.4, -0.2) is 29.7 Å². The van der Waals surface area contributed by atoms with Crippen molar-refractivity contribution in [1.29, 1.82) is 0 Å². The molecule has 124 valence electrons. The van der Waals surface area contributed by atoms with Crippen molar-refractivity contribution in [1.82, 2.24) is 9.78 Å². The van der Waals surface area contributed by atoms with Crippen LogP contribution in [-0.2, 0) is 16.4 Å². The van der Waals surface area contributed by atoms with Gasteiger partial charge in [0.2, 0.25) is 0 Å². The summed E-state index contributed by atoms with van der Waals surface area (Å²) < 4.78 is 25.2. The molecular formula is C15H17Cl2N3O2S. The summed E-state index contributed by atoms with van der Waals surface area (Å²) in [7, 11) is -2.96. The number of benzene rings is 1. The summed E-state index contributed by atoms with van der Waals surface area (Å²) in [5, 5.41) is 8.90. The molecule has 5 nitrogen and oxygen atoms in total. The van der Waals surface area contributed by atoms with Gasteiger partial charge in [-0.2, -0.15) is 5.10 Å². The predicted molar refractivity (Wildman–Crippen MR) is 93.1 cm³/mol. The summed E-state index contributed by atoms with van der Waals surface area (Å²) >= 11 is 12.4. The lowest BCUT2D eigenvalue weighted by molar-refractivity contribution is 0.501. The number of aryl methyl sites for hydroxylation is 1. The maximum atomic E-state index is 11.7. The third-order valence-corrected chi connectivity index (χ3v) is 6.38. The van der Waals surface area contributed by atoms with Gasteiger partial charge in [-0.3, -0.25) is 0 Å². The molecule has 8 heteroatoms. The third-order valence-electron chi connectivity index (χ3n) is 3.92. The average Bonchev–Trinajstić information content (AvgIpc) is 3.01. The second kappa shape index (κ2) is 6.34. The Balaban J connectivity index is 1.81. The maximum absolute atomic E-state index is 11.7. The van der Waals surface area contributed by atoms with Crippen LogP contribution in [0.15, 0.2) is 24.3 Å². The molecular weight excluding hydrogens is 357 g/mol. The fraction of sp³-hybridized carbons (Fsp3) is 0.400. The molecule has 0 radical (unpaired) electrons. The summed E-state index contributed by atoms with van der Waals surface area (Å²) in [6.07, 6.45) is 0.588. The minimum atomic E-state index is -2.96. The number of hydrogen-bond acceptors (Lipinski definition) is 4. The molecule has 0 spiro atoms. The van der Waals surface area contributed by atoms with Crippen LogP contribution in [0.4, 0.5) is 5.82 Å². The van der Waals surface area contributed by atoms with Gasteiger partial charge in [0.25, 0.3) is 0 Å². The second-order valence-electron chi connectivity index (χ2n) is 5.73. The molecule has 3 rings (SSSR count). The number of hydrogen-bond donors (Lipinski definition) is 1. The summed E-state index contributed by atoms with van der Waals surface area (Å²) in [5.74, 6) is 1.13. The van der Waals surface area contributed by atoms with E-state index in [4.69, 9.17) is 23.2 Å². The van der Waals surface area contributed by atoms with Crippen molar-refractivity contribution in [3.63, 3.8) is 0 Å². The number of anilines is 1. The van der Waals surface area contributed by atoms with Gasteiger partial charge in [0.15, 0.2) is 9.84 Å². The van der Waals surface area contributed by atoms with Gasteiger partial charge < -0.3 is 5.32 Å². The first-order valence-corrected chi connectivity index (χ1v) is 9.87. The monoisotopic (exact) mass is 373 g/mol. The zero-order valence-electron chi connectivity index (χ0n) is 12.6. The number of rotatable bonds is 4. The van der Waals surface area contributed by atoms with Crippen LogP contribution < -0.4 is 5.32 Å². The summed E-state index contributed by atoms with van der Waals surface area (Å²) in [5.41, 5.74) is 1.64. The number of nitrogens with zero attached hydrogens (tertiary/aromatic N) is 2. The second-order valence-corrected chi connectivity index (χ2v) is 8.77. The van der Waals surface area contributed by atoms with E-state index in [1.54, 1.807) is 22.9 Å². The molecule has 23 heavy (non-hydrogen) atoms. The van der Waals surface area contributed by atoms with Crippen molar-refractivity contribution in [2.24, 2.45) is 0 Å². The van der Waals surface area contributed by atoms with Crippen molar-refractivity contribution in [3.05, 3.63) is 45.6 Å². The van der Waals surface area contributed by atoms with E-state index < -0.39 is 9.84 Å². The van der Waals surface area contributed by atoms with Crippen LogP contribution in [0.2, 0.25) is 10.0 Å². The topological polar surface area (TPSA) is 64.0 Å². The number of sulfone groups is 1. The molecule has 0 aliphatic carbocycles. The molecule has 1 aromatic heterocycles. The fourth-order valence-electron chi connectivity index (χ4n) is 2.78. The van der Waals surface area contributed by atoms with Gasteiger partial charge in [0, 0.05) is 28.2 Å². The minimum absolute atomic E-state index is 0.127. The Bertz CT molecular complexity index is 813. The highest BCUT2D eigenvalue weighted by molar-refractivity contribution is 7.91. The number of halogens is 2. The van der Waals surface area contributed by atoms with Gasteiger partial charge >= 0.3 is 0 Å². The summed E-state index contributed by atoms with van der Waals surface area (Å²) in [6, 6.07) is 7.15. The van der Waals surface area contributed by atoms with Crippen molar-refractivity contribution in [3.8, 4) is 0 Å². The fourth-order valence-corrected chi connectivity index (χ4v) is 5.00. The molecule has 1 N–H and O–H groups in total. The van der Waals surface area contributed by atoms with Crippen LogP contribution in [0.25, 0.3) is 0 Å². The SMILES string of the molecule is Cc1cc(NCc2c(Cl)cccc2Cl)n([C@@H]2CCS(=O)(=O)C2)n1. The van der Waals surface area contributed by atoms with E-state index in [9.17, 15) is 8.42 Å². The molecule has 2 heterocycles. The van der Waals surface area contributed by atoms with Crippen molar-refractivity contribution < 1.29 is 8.42 Å². The average molecular weight is 374 g/mol. The van der Waals surface area contributed by atoms with E-state index in [1.165, 1.54) is 0 Å². The Morgan fingerprint density at radius 2 is 2.04 bits per heavy atom. The zero-order chi connectivity index (χ0) is 16.6. The van der Waals surface area contributed by atoms with Crippen LogP contribution in [0.3, 0.4) is 0 Å². The first kappa shape index (κ1) is 16.6. The van der Waals surface area contributed by atoms with Crippen molar-refractivity contribution in [2.45, 2.75) is 25.9 Å². The summed E-state index contributed by atoms with van der Waals surface area (Å²) in [4.78, 5) is 0. The van der Waals surface area contributed by atoms with Crippen LogP contribution in [0, 0.1) is 6.92 Å². The molecule has 0 unspecified atom stereocenters. The normalized spacial score (nSPS) is 19.9. The summed E-state index contributed by atoms with van der Waals surface area (Å²) in [6.45, 7) is 2.33. The van der Waals surface area contributed by atoms with Crippen molar-refractivity contribution in [2.75, 3.05) is 16.8 Å². The Morgan fingerprint density at radius 3 is 2.65 bits per heavy atom. The molecule has 0 bridgehead atoms. The smallest absolute Gasteiger partial charge is 0.152 e. The molecule has 1 atom stereocenters. The van der Waals surface area contributed by atoms with E-state index in [-0.39, 0.29) is 17.5 Å². The quantitative estimate of drug-likeness (QED) is 0.890. The highest BCUT2D eigenvalue weighted by Gasteiger charge is 2.31. The lowest BCUT2D eigenvalue weighted by Gasteiger charge is -2.15. The Hall–Kier alpha value is -1.24. The standard InChI is InChI=1S/C15H17Cl2N3O2S/c1-10-7-15(18-8-12-13(16)3-2-4-14(12)17)20(19-10)11-5-6-23(21,22)9-11/h2-4,7,11,18H,5-6,8-9H2,1H3/t11-/m1/s1. The highest BCUT2D eigenvalue weighted by Crippen LogP contribution is 2.29. The Morgan fingerprint density at radius 1 is 1.35 bits per heavy atom. The molecule has 1 aromatic carbocycles. The Labute approximate surface area is 145 Å². The van der Waals surface area contributed by atoms with E-state index in [0.29, 0.717) is 23.0 Å². The first-order valence-electron chi connectivity index (χ1n) is 7.29. The van der Waals surface area contributed by atoms with Crippen molar-refractivity contribution >= 4 is 38.9 Å². The van der Waals surface area contributed by atoms with Gasteiger partial charge in [0.05, 0.1) is 23.2 Å². The molecule has 2 aromatic rings. The van der Waals surface area contributed by atoms with Gasteiger partial charge in [0.1, 0.15) is 5.82 Å². The minimum Gasteiger partial charge on any atom is -0.366 e. The zero-order valence-corrected chi connectivity index (χ0v) is 14.9. The van der Waals surface area contributed by atoms with Gasteiger partial charge in [-0.25, -0.2) is 13.1 Å². The number of nitrogens with one attached hydrogen (secondary N) is 1. The van der Waals surface area contributed by atoms with Crippen LogP contribution in [0.5, 0.6) is 0 Å². The lowest BCUT2D eigenvalue weighted by atomic mass is 10.2. The van der Waals surface area contributed by atoms with E-state index in [0.717, 1.165) is 17.1 Å². The van der Waals surface area contributed by atoms with E-state index >= 15 is 0 Å². The van der Waals surface area contributed by atoms with Gasteiger partial charge in [-0.15, -0.1) is 0 Å². The predicted octanol–water partition coefficient (Wildman–Crippen LogP) is 3.47. The van der Waals surface area contributed by atoms with E-state index in [1.807, 2.05) is 13.0 Å². The highest BCUT2D eigenvalue weighted by atomic mass is 35.5. The van der Waals surface area contributed by atoms with E-state index in [2.05, 4.69) is 10.4 Å². The lowest BCUT2D eigenvalue weighted by Crippen LogP contribution is -2.16. The molecule has 1 saturated heterocycles. The van der Waals surface area contributed by atoms with Gasteiger partial charge in [-0.05, 0) is 25.5 Å². The molecule has 0 saturated carbocycles. The number of aromatic nitrogens is 2. The largest absolute Gasteiger partial charge is 0.366 e. The van der Waals surface area contributed by atoms with Crippen LogP contribution in [0.1, 0.15) is 23.7 Å². The Kier molecular flexibility index (Phi) is 4.58. The molecule has 1 aliphatic heterocycles. The first-order chi connectivity index (χ1) is 10.9. The van der Waals surface area contributed by atoms with Crippen LogP contribution >= 0.6 is 23.2 Å².